The summed E-state index contributed by atoms with van der Waals surface area (Å²) in [5.41, 5.74) is 2.66. The molecule has 5 aromatic rings. The van der Waals surface area contributed by atoms with Gasteiger partial charge in [-0.15, -0.1) is 0 Å². The molecule has 1 aliphatic heterocycles. The van der Waals surface area contributed by atoms with Gasteiger partial charge in [-0.3, -0.25) is 4.72 Å². The van der Waals surface area contributed by atoms with Gasteiger partial charge in [-0.05, 0) is 72.9 Å². The summed E-state index contributed by atoms with van der Waals surface area (Å²) >= 11 is 5.66. The number of ether oxygens (including phenoxy) is 1. The number of halogens is 1. The van der Waals surface area contributed by atoms with Crippen LogP contribution in [0.25, 0.3) is 21.9 Å². The van der Waals surface area contributed by atoms with Crippen LogP contribution in [0.5, 0.6) is 5.75 Å². The summed E-state index contributed by atoms with van der Waals surface area (Å²) in [5, 5.41) is 5.76. The van der Waals surface area contributed by atoms with Gasteiger partial charge in [0.15, 0.2) is 5.11 Å². The van der Waals surface area contributed by atoms with E-state index in [1.54, 1.807) is 25.6 Å². The number of hydrogen-bond donors (Lipinski definition) is 3. The normalized spacial score (nSPS) is 13.9. The summed E-state index contributed by atoms with van der Waals surface area (Å²) < 4.78 is 46.3. The minimum absolute atomic E-state index is 0.0822. The van der Waals surface area contributed by atoms with Gasteiger partial charge in [0.1, 0.15) is 29.4 Å². The van der Waals surface area contributed by atoms with Crippen LogP contribution in [-0.4, -0.2) is 66.7 Å². The van der Waals surface area contributed by atoms with Crippen molar-refractivity contribution in [2.75, 3.05) is 48.2 Å². The maximum absolute atomic E-state index is 13.1. The summed E-state index contributed by atoms with van der Waals surface area (Å²) in [6.45, 7) is 2.79. The van der Waals surface area contributed by atoms with Gasteiger partial charge >= 0.3 is 0 Å². The van der Waals surface area contributed by atoms with Gasteiger partial charge in [0, 0.05) is 49.0 Å². The summed E-state index contributed by atoms with van der Waals surface area (Å²) in [6.07, 6.45) is 1.57. The van der Waals surface area contributed by atoms with Crippen molar-refractivity contribution >= 4 is 66.5 Å². The lowest BCUT2D eigenvalue weighted by Gasteiger charge is -2.37. The van der Waals surface area contributed by atoms with Crippen molar-refractivity contribution in [3.8, 4) is 5.75 Å². The number of benzene rings is 3. The number of piperazine rings is 1. The number of H-pyrrole nitrogens is 1. The average molecular weight is 592 g/mol. The molecule has 0 atom stereocenters. The molecule has 3 heterocycles. The van der Waals surface area contributed by atoms with E-state index >= 15 is 0 Å². The molecule has 1 aliphatic rings. The molecule has 3 aromatic carbocycles. The van der Waals surface area contributed by atoms with Crippen LogP contribution in [0.1, 0.15) is 0 Å². The van der Waals surface area contributed by atoms with Gasteiger partial charge in [-0.25, -0.2) is 22.8 Å². The molecular weight excluding hydrogens is 565 g/mol. The molecule has 2 aromatic heterocycles. The van der Waals surface area contributed by atoms with Crippen LogP contribution in [0.3, 0.4) is 0 Å². The molecule has 0 aliphatic carbocycles. The van der Waals surface area contributed by atoms with Gasteiger partial charge in [0.25, 0.3) is 10.0 Å². The second-order valence-corrected chi connectivity index (χ2v) is 11.6. The molecule has 0 saturated carbocycles. The number of anilines is 3. The molecule has 41 heavy (non-hydrogen) atoms. The Balaban J connectivity index is 1.10. The Bertz CT molecular complexity index is 1840. The first-order chi connectivity index (χ1) is 19.8. The third-order valence-corrected chi connectivity index (χ3v) is 8.71. The fraction of sp³-hybridized carbons (Fsp3) is 0.179. The Labute approximate surface area is 241 Å². The molecule has 0 spiro atoms. The van der Waals surface area contributed by atoms with Gasteiger partial charge in [-0.2, -0.15) is 0 Å². The number of methoxy groups -OCH3 is 1. The highest BCUT2D eigenvalue weighted by atomic mass is 32.2. The van der Waals surface area contributed by atoms with Gasteiger partial charge in [-0.1, -0.05) is 0 Å². The van der Waals surface area contributed by atoms with Gasteiger partial charge < -0.3 is 24.8 Å². The highest BCUT2D eigenvalue weighted by Crippen LogP contribution is 2.33. The van der Waals surface area contributed by atoms with E-state index in [0.717, 1.165) is 33.5 Å². The van der Waals surface area contributed by atoms with Crippen LogP contribution < -0.4 is 19.7 Å². The van der Waals surface area contributed by atoms with Crippen molar-refractivity contribution in [1.82, 2.24) is 19.9 Å². The summed E-state index contributed by atoms with van der Waals surface area (Å²) in [6, 6.07) is 17.3. The highest BCUT2D eigenvalue weighted by molar-refractivity contribution is 7.92. The topological polar surface area (TPSA) is 115 Å². The second-order valence-electron chi connectivity index (χ2n) is 9.50. The van der Waals surface area contributed by atoms with E-state index < -0.39 is 15.8 Å². The maximum Gasteiger partial charge on any atom is 0.261 e. The van der Waals surface area contributed by atoms with E-state index in [2.05, 4.69) is 34.8 Å². The predicted octanol–water partition coefficient (Wildman–Crippen LogP) is 4.58. The van der Waals surface area contributed by atoms with Crippen molar-refractivity contribution in [2.24, 2.45) is 0 Å². The first kappa shape index (κ1) is 26.7. The van der Waals surface area contributed by atoms with E-state index in [1.165, 1.54) is 36.4 Å². The number of rotatable bonds is 6. The van der Waals surface area contributed by atoms with Crippen molar-refractivity contribution < 1.29 is 17.5 Å². The fourth-order valence-electron chi connectivity index (χ4n) is 4.83. The monoisotopic (exact) mass is 591 g/mol. The number of nitrogens with zero attached hydrogens (tertiary/aromatic N) is 4. The Hall–Kier alpha value is -4.49. The van der Waals surface area contributed by atoms with Crippen molar-refractivity contribution in [3.05, 3.63) is 78.9 Å². The zero-order chi connectivity index (χ0) is 28.6. The molecule has 1 saturated heterocycles. The zero-order valence-corrected chi connectivity index (χ0v) is 23.6. The predicted molar refractivity (Wildman–Crippen MR) is 162 cm³/mol. The molecule has 3 N–H and O–H groups in total. The Morgan fingerprint density at radius 3 is 2.39 bits per heavy atom. The van der Waals surface area contributed by atoms with Crippen LogP contribution in [0, 0.1) is 5.82 Å². The third-order valence-electron chi connectivity index (χ3n) is 6.96. The standard InChI is InChI=1S/C28H26FN7O3S2/c1-39-21-8-11-23-24(16-21)33-26-25(23)27(31-17-30-26)35-12-14-36(15-13-35)28(40)32-19-6-9-22(10-7-19)41(37,38)34-20-4-2-18(29)3-5-20/h2-11,16-17,34H,12-15H2,1H3,(H,32,40)(H,30,31,33). The third kappa shape index (κ3) is 5.45. The minimum Gasteiger partial charge on any atom is -0.497 e. The lowest BCUT2D eigenvalue weighted by molar-refractivity contribution is 0.390. The van der Waals surface area contributed by atoms with E-state index in [1.807, 2.05) is 18.2 Å². The molecule has 13 heteroatoms. The molecule has 0 unspecified atom stereocenters. The van der Waals surface area contributed by atoms with Crippen molar-refractivity contribution in [2.45, 2.75) is 4.90 Å². The number of aromatic nitrogens is 3. The second kappa shape index (κ2) is 10.8. The molecule has 0 bridgehead atoms. The average Bonchev–Trinajstić information content (AvgIpc) is 3.36. The van der Waals surface area contributed by atoms with Gasteiger partial charge in [0.2, 0.25) is 0 Å². The first-order valence-corrected chi connectivity index (χ1v) is 14.7. The van der Waals surface area contributed by atoms with Crippen molar-refractivity contribution in [3.63, 3.8) is 0 Å². The van der Waals surface area contributed by atoms with Crippen LogP contribution in [0.15, 0.2) is 78.0 Å². The smallest absolute Gasteiger partial charge is 0.261 e. The molecular formula is C28H26FN7O3S2. The van der Waals surface area contributed by atoms with Crippen LogP contribution in [-0.2, 0) is 10.0 Å². The lowest BCUT2D eigenvalue weighted by Crippen LogP contribution is -2.50. The quantitative estimate of drug-likeness (QED) is 0.244. The number of fused-ring (bicyclic) bond motifs is 3. The lowest BCUT2D eigenvalue weighted by atomic mass is 10.2. The summed E-state index contributed by atoms with van der Waals surface area (Å²) in [4.78, 5) is 16.8. The Kier molecular flexibility index (Phi) is 7.05. The van der Waals surface area contributed by atoms with Crippen LogP contribution in [0.4, 0.5) is 21.6 Å². The summed E-state index contributed by atoms with van der Waals surface area (Å²) in [5.74, 6) is 1.20. The zero-order valence-electron chi connectivity index (χ0n) is 22.0. The Morgan fingerprint density at radius 2 is 1.68 bits per heavy atom. The first-order valence-electron chi connectivity index (χ1n) is 12.8. The van der Waals surface area contributed by atoms with E-state index in [4.69, 9.17) is 17.0 Å². The minimum atomic E-state index is -3.82. The number of nitrogens with one attached hydrogen (secondary N) is 3. The van der Waals surface area contributed by atoms with Crippen LogP contribution >= 0.6 is 12.2 Å². The van der Waals surface area contributed by atoms with E-state index in [0.29, 0.717) is 37.0 Å². The number of sulfonamides is 1. The fourth-order valence-corrected chi connectivity index (χ4v) is 6.19. The number of aromatic amines is 1. The van der Waals surface area contributed by atoms with E-state index in [-0.39, 0.29) is 10.6 Å². The molecule has 6 rings (SSSR count). The molecule has 1 fully saturated rings. The van der Waals surface area contributed by atoms with Gasteiger partial charge in [0.05, 0.1) is 22.9 Å². The largest absolute Gasteiger partial charge is 0.497 e. The molecule has 0 radical (unpaired) electrons. The van der Waals surface area contributed by atoms with E-state index in [9.17, 15) is 12.8 Å². The number of hydrogen-bond acceptors (Lipinski definition) is 7. The maximum atomic E-state index is 13.1. The molecule has 210 valence electrons. The summed E-state index contributed by atoms with van der Waals surface area (Å²) in [7, 11) is -2.18. The number of thiocarbonyl (C=S) groups is 1. The SMILES string of the molecule is COc1ccc2c(c1)[nH]c1ncnc(N3CCN(C(=S)Nc4ccc(S(=O)(=O)Nc5ccc(F)cc5)cc4)CC3)c12. The van der Waals surface area contributed by atoms with Crippen LogP contribution in [0.2, 0.25) is 0 Å². The molecule has 10 nitrogen and oxygen atoms in total. The van der Waals surface area contributed by atoms with Crippen molar-refractivity contribution in [1.29, 1.82) is 0 Å². The highest BCUT2D eigenvalue weighted by Gasteiger charge is 2.23. The molecule has 0 amide bonds. The Morgan fingerprint density at radius 1 is 0.976 bits per heavy atom.